The Morgan fingerprint density at radius 1 is 1.09 bits per heavy atom. The van der Waals surface area contributed by atoms with E-state index in [0.717, 1.165) is 5.56 Å². The molecule has 4 nitrogen and oxygen atoms in total. The number of aromatic nitrogens is 1. The molecule has 0 spiro atoms. The molecule has 0 unspecified atom stereocenters. The SMILES string of the molecule is O=C(NCc1ccccc1F)c1ncoc1-c1ccccc1. The summed E-state index contributed by atoms with van der Waals surface area (Å²) in [4.78, 5) is 16.2. The summed E-state index contributed by atoms with van der Waals surface area (Å²) >= 11 is 0. The third-order valence-electron chi connectivity index (χ3n) is 3.22. The highest BCUT2D eigenvalue weighted by Gasteiger charge is 2.18. The molecule has 3 aromatic rings. The van der Waals surface area contributed by atoms with Crippen LogP contribution in [0.15, 0.2) is 65.4 Å². The molecule has 0 atom stereocenters. The highest BCUT2D eigenvalue weighted by Crippen LogP contribution is 2.22. The fourth-order valence-corrected chi connectivity index (χ4v) is 2.10. The number of nitrogens with zero attached hydrogens (tertiary/aromatic N) is 1. The molecular weight excluding hydrogens is 283 g/mol. The van der Waals surface area contributed by atoms with Gasteiger partial charge in [-0.25, -0.2) is 9.37 Å². The number of benzene rings is 2. The van der Waals surface area contributed by atoms with Crippen LogP contribution < -0.4 is 5.32 Å². The zero-order valence-corrected chi connectivity index (χ0v) is 11.6. The summed E-state index contributed by atoms with van der Waals surface area (Å²) in [5.74, 6) is -0.367. The average molecular weight is 296 g/mol. The number of oxazole rings is 1. The van der Waals surface area contributed by atoms with E-state index in [1.807, 2.05) is 30.3 Å². The maximum Gasteiger partial charge on any atom is 0.274 e. The van der Waals surface area contributed by atoms with Crippen molar-refractivity contribution in [2.45, 2.75) is 6.54 Å². The summed E-state index contributed by atoms with van der Waals surface area (Å²) in [6.07, 6.45) is 1.22. The lowest BCUT2D eigenvalue weighted by atomic mass is 10.1. The van der Waals surface area contributed by atoms with Crippen LogP contribution in [-0.4, -0.2) is 10.9 Å². The van der Waals surface area contributed by atoms with Crippen molar-refractivity contribution in [2.75, 3.05) is 0 Å². The molecule has 0 aliphatic heterocycles. The molecule has 2 aromatic carbocycles. The number of amides is 1. The Balaban J connectivity index is 1.77. The third kappa shape index (κ3) is 2.88. The van der Waals surface area contributed by atoms with Gasteiger partial charge in [-0.15, -0.1) is 0 Å². The molecule has 0 fully saturated rings. The largest absolute Gasteiger partial charge is 0.443 e. The Morgan fingerprint density at radius 2 is 1.82 bits per heavy atom. The first-order valence-corrected chi connectivity index (χ1v) is 6.76. The molecule has 22 heavy (non-hydrogen) atoms. The van der Waals surface area contributed by atoms with Gasteiger partial charge in [0.05, 0.1) is 0 Å². The first-order valence-electron chi connectivity index (χ1n) is 6.76. The second-order valence-electron chi connectivity index (χ2n) is 4.67. The normalized spacial score (nSPS) is 10.4. The Kier molecular flexibility index (Phi) is 3.96. The smallest absolute Gasteiger partial charge is 0.274 e. The molecule has 0 saturated heterocycles. The molecule has 1 amide bonds. The molecule has 0 aliphatic carbocycles. The molecule has 1 aromatic heterocycles. The van der Waals surface area contributed by atoms with Crippen LogP contribution in [0.4, 0.5) is 4.39 Å². The van der Waals surface area contributed by atoms with Crippen molar-refractivity contribution >= 4 is 5.91 Å². The fourth-order valence-electron chi connectivity index (χ4n) is 2.10. The van der Waals surface area contributed by atoms with Crippen molar-refractivity contribution in [2.24, 2.45) is 0 Å². The van der Waals surface area contributed by atoms with Gasteiger partial charge >= 0.3 is 0 Å². The van der Waals surface area contributed by atoms with E-state index in [9.17, 15) is 9.18 Å². The van der Waals surface area contributed by atoms with Crippen LogP contribution in [-0.2, 0) is 6.54 Å². The van der Waals surface area contributed by atoms with Gasteiger partial charge in [-0.2, -0.15) is 0 Å². The quantitative estimate of drug-likeness (QED) is 0.802. The molecule has 1 N–H and O–H groups in total. The number of hydrogen-bond donors (Lipinski definition) is 1. The minimum atomic E-state index is -0.407. The number of rotatable bonds is 4. The van der Waals surface area contributed by atoms with Crippen LogP contribution in [0.1, 0.15) is 16.1 Å². The van der Waals surface area contributed by atoms with E-state index in [1.165, 1.54) is 12.5 Å². The molecule has 0 radical (unpaired) electrons. The third-order valence-corrected chi connectivity index (χ3v) is 3.22. The van der Waals surface area contributed by atoms with Crippen LogP contribution in [0.3, 0.4) is 0 Å². The van der Waals surface area contributed by atoms with Crippen molar-refractivity contribution in [3.8, 4) is 11.3 Å². The predicted octanol–water partition coefficient (Wildman–Crippen LogP) is 3.41. The lowest BCUT2D eigenvalue weighted by molar-refractivity contribution is 0.0946. The van der Waals surface area contributed by atoms with Crippen LogP contribution in [0.25, 0.3) is 11.3 Å². The van der Waals surface area contributed by atoms with Gasteiger partial charge in [-0.3, -0.25) is 4.79 Å². The summed E-state index contributed by atoms with van der Waals surface area (Å²) in [7, 11) is 0. The van der Waals surface area contributed by atoms with Crippen LogP contribution in [0, 0.1) is 5.82 Å². The number of carbonyl (C=O) groups is 1. The Hall–Kier alpha value is -2.95. The van der Waals surface area contributed by atoms with Crippen molar-refractivity contribution in [3.05, 3.63) is 78.1 Å². The summed E-state index contributed by atoms with van der Waals surface area (Å²) in [5, 5.41) is 2.65. The van der Waals surface area contributed by atoms with Gasteiger partial charge in [0.25, 0.3) is 5.91 Å². The van der Waals surface area contributed by atoms with Gasteiger partial charge < -0.3 is 9.73 Å². The van der Waals surface area contributed by atoms with Gasteiger partial charge in [0, 0.05) is 17.7 Å². The molecule has 5 heteroatoms. The summed E-state index contributed by atoms with van der Waals surface area (Å²) in [5.41, 5.74) is 1.36. The number of halogens is 1. The number of hydrogen-bond acceptors (Lipinski definition) is 3. The first-order chi connectivity index (χ1) is 10.8. The van der Waals surface area contributed by atoms with Crippen molar-refractivity contribution in [1.29, 1.82) is 0 Å². The van der Waals surface area contributed by atoms with Gasteiger partial charge in [0.15, 0.2) is 17.8 Å². The molecule has 0 bridgehead atoms. The van der Waals surface area contributed by atoms with Crippen LogP contribution >= 0.6 is 0 Å². The second-order valence-corrected chi connectivity index (χ2v) is 4.67. The second kappa shape index (κ2) is 6.22. The Labute approximate surface area is 126 Å². The fraction of sp³-hybridized carbons (Fsp3) is 0.0588. The maximum absolute atomic E-state index is 13.5. The summed E-state index contributed by atoms with van der Waals surface area (Å²) in [6, 6.07) is 15.5. The minimum Gasteiger partial charge on any atom is -0.443 e. The van der Waals surface area contributed by atoms with Gasteiger partial charge in [-0.1, -0.05) is 48.5 Å². The monoisotopic (exact) mass is 296 g/mol. The van der Waals surface area contributed by atoms with E-state index < -0.39 is 5.91 Å². The van der Waals surface area contributed by atoms with E-state index in [-0.39, 0.29) is 18.1 Å². The van der Waals surface area contributed by atoms with Crippen LogP contribution in [0.5, 0.6) is 0 Å². The molecule has 110 valence electrons. The highest BCUT2D eigenvalue weighted by molar-refractivity contribution is 5.97. The van der Waals surface area contributed by atoms with Crippen molar-refractivity contribution < 1.29 is 13.6 Å². The molecule has 1 heterocycles. The van der Waals surface area contributed by atoms with E-state index in [2.05, 4.69) is 10.3 Å². The molecule has 0 saturated carbocycles. The Bertz CT molecular complexity index is 784. The number of nitrogens with one attached hydrogen (secondary N) is 1. The van der Waals surface area contributed by atoms with Crippen LogP contribution in [0.2, 0.25) is 0 Å². The Morgan fingerprint density at radius 3 is 2.59 bits per heavy atom. The lowest BCUT2D eigenvalue weighted by Crippen LogP contribution is -2.24. The summed E-state index contributed by atoms with van der Waals surface area (Å²) < 4.78 is 18.8. The van der Waals surface area contributed by atoms with Crippen molar-refractivity contribution in [3.63, 3.8) is 0 Å². The minimum absolute atomic E-state index is 0.0899. The van der Waals surface area contributed by atoms with Crippen molar-refractivity contribution in [1.82, 2.24) is 10.3 Å². The highest BCUT2D eigenvalue weighted by atomic mass is 19.1. The zero-order chi connectivity index (χ0) is 15.4. The lowest BCUT2D eigenvalue weighted by Gasteiger charge is -2.05. The topological polar surface area (TPSA) is 55.1 Å². The van der Waals surface area contributed by atoms with E-state index in [0.29, 0.717) is 11.3 Å². The maximum atomic E-state index is 13.5. The van der Waals surface area contributed by atoms with E-state index in [1.54, 1.807) is 18.2 Å². The standard InChI is InChI=1S/C17H13FN2O2/c18-14-9-5-4-8-13(14)10-19-17(21)15-16(22-11-20-15)12-6-2-1-3-7-12/h1-9,11H,10H2,(H,19,21). The number of carbonyl (C=O) groups excluding carboxylic acids is 1. The summed E-state index contributed by atoms with van der Waals surface area (Å²) in [6.45, 7) is 0.0899. The van der Waals surface area contributed by atoms with E-state index >= 15 is 0 Å². The molecule has 3 rings (SSSR count). The van der Waals surface area contributed by atoms with Gasteiger partial charge in [0.2, 0.25) is 0 Å². The first kappa shape index (κ1) is 14.0. The van der Waals surface area contributed by atoms with Gasteiger partial charge in [-0.05, 0) is 6.07 Å². The molecule has 0 aliphatic rings. The predicted molar refractivity (Wildman–Crippen MR) is 79.5 cm³/mol. The average Bonchev–Trinajstić information content (AvgIpc) is 3.04. The van der Waals surface area contributed by atoms with Gasteiger partial charge in [0.1, 0.15) is 5.82 Å². The molecular formula is C17H13FN2O2. The van der Waals surface area contributed by atoms with E-state index in [4.69, 9.17) is 4.42 Å². The zero-order valence-electron chi connectivity index (χ0n) is 11.6.